The van der Waals surface area contributed by atoms with Crippen molar-refractivity contribution in [2.45, 2.75) is 69.2 Å². The van der Waals surface area contributed by atoms with Gasteiger partial charge in [0.2, 0.25) is 0 Å². The SMILES string of the molecule is O=C([C@H]1CCCO1)N1CCC(N(C(=O)[C@H]2CCCO2)C2CC2)C1. The minimum Gasteiger partial charge on any atom is -0.368 e. The number of ether oxygens (including phenoxy) is 2. The third-order valence-electron chi connectivity index (χ3n) is 5.47. The Labute approximate surface area is 137 Å². The zero-order valence-corrected chi connectivity index (χ0v) is 13.6. The van der Waals surface area contributed by atoms with Gasteiger partial charge in [0.1, 0.15) is 12.2 Å². The maximum Gasteiger partial charge on any atom is 0.252 e. The van der Waals surface area contributed by atoms with Crippen LogP contribution in [0, 0.1) is 0 Å². The molecule has 0 N–H and O–H groups in total. The molecule has 2 amide bonds. The average molecular weight is 322 g/mol. The van der Waals surface area contributed by atoms with Crippen LogP contribution in [0.3, 0.4) is 0 Å². The predicted molar refractivity (Wildman–Crippen MR) is 82.8 cm³/mol. The van der Waals surface area contributed by atoms with Gasteiger partial charge in [-0.25, -0.2) is 0 Å². The molecule has 0 bridgehead atoms. The highest BCUT2D eigenvalue weighted by Crippen LogP contribution is 2.34. The molecular weight excluding hydrogens is 296 g/mol. The molecule has 3 heterocycles. The Morgan fingerprint density at radius 1 is 0.870 bits per heavy atom. The Balaban J connectivity index is 1.40. The molecule has 0 aromatic rings. The minimum absolute atomic E-state index is 0.116. The van der Waals surface area contributed by atoms with Crippen LogP contribution in [0.1, 0.15) is 44.9 Å². The summed E-state index contributed by atoms with van der Waals surface area (Å²) in [5.74, 6) is 0.270. The summed E-state index contributed by atoms with van der Waals surface area (Å²) in [6.45, 7) is 2.79. The molecule has 0 radical (unpaired) electrons. The van der Waals surface area contributed by atoms with E-state index in [0.717, 1.165) is 51.5 Å². The van der Waals surface area contributed by atoms with Gasteiger partial charge >= 0.3 is 0 Å². The molecule has 6 nitrogen and oxygen atoms in total. The van der Waals surface area contributed by atoms with E-state index < -0.39 is 0 Å². The van der Waals surface area contributed by atoms with Crippen LogP contribution in [-0.4, -0.2) is 72.2 Å². The molecule has 0 aromatic carbocycles. The molecule has 128 valence electrons. The van der Waals surface area contributed by atoms with Gasteiger partial charge in [-0.3, -0.25) is 9.59 Å². The zero-order valence-electron chi connectivity index (χ0n) is 13.6. The maximum absolute atomic E-state index is 12.8. The van der Waals surface area contributed by atoms with Gasteiger partial charge in [-0.2, -0.15) is 0 Å². The first kappa shape index (κ1) is 15.4. The van der Waals surface area contributed by atoms with Gasteiger partial charge in [0.15, 0.2) is 0 Å². The van der Waals surface area contributed by atoms with Crippen LogP contribution >= 0.6 is 0 Å². The normalized spacial score (nSPS) is 34.1. The van der Waals surface area contributed by atoms with Crippen molar-refractivity contribution in [3.05, 3.63) is 0 Å². The number of carbonyl (C=O) groups is 2. The zero-order chi connectivity index (χ0) is 15.8. The first-order valence-electron chi connectivity index (χ1n) is 9.08. The molecule has 6 heteroatoms. The topological polar surface area (TPSA) is 59.1 Å². The summed E-state index contributed by atoms with van der Waals surface area (Å²) in [5.41, 5.74) is 0. The van der Waals surface area contributed by atoms with E-state index in [2.05, 4.69) is 4.90 Å². The second-order valence-corrected chi connectivity index (χ2v) is 7.21. The van der Waals surface area contributed by atoms with Crippen molar-refractivity contribution < 1.29 is 19.1 Å². The Kier molecular flexibility index (Phi) is 4.28. The maximum atomic E-state index is 12.8. The number of amides is 2. The summed E-state index contributed by atoms with van der Waals surface area (Å²) in [6, 6.07) is 0.527. The Bertz CT molecular complexity index is 467. The molecule has 23 heavy (non-hydrogen) atoms. The fraction of sp³-hybridized carbons (Fsp3) is 0.882. The molecule has 1 saturated carbocycles. The third kappa shape index (κ3) is 3.11. The van der Waals surface area contributed by atoms with Crippen LogP contribution in [-0.2, 0) is 19.1 Å². The van der Waals surface area contributed by atoms with Crippen molar-refractivity contribution in [1.29, 1.82) is 0 Å². The number of nitrogens with zero attached hydrogens (tertiary/aromatic N) is 2. The quantitative estimate of drug-likeness (QED) is 0.773. The molecule has 3 saturated heterocycles. The lowest BCUT2D eigenvalue weighted by atomic mass is 10.1. The van der Waals surface area contributed by atoms with Crippen molar-refractivity contribution in [1.82, 2.24) is 9.80 Å². The van der Waals surface area contributed by atoms with Crippen LogP contribution < -0.4 is 0 Å². The van der Waals surface area contributed by atoms with Crippen molar-refractivity contribution in [3.63, 3.8) is 0 Å². The monoisotopic (exact) mass is 322 g/mol. The number of hydrogen-bond donors (Lipinski definition) is 0. The summed E-state index contributed by atoms with van der Waals surface area (Å²) in [6.07, 6.45) is 6.18. The number of likely N-dealkylation sites (tertiary alicyclic amines) is 1. The van der Waals surface area contributed by atoms with Crippen LogP contribution in [0.4, 0.5) is 0 Å². The van der Waals surface area contributed by atoms with Crippen LogP contribution in [0.15, 0.2) is 0 Å². The number of hydrogen-bond acceptors (Lipinski definition) is 4. The largest absolute Gasteiger partial charge is 0.368 e. The van der Waals surface area contributed by atoms with Crippen molar-refractivity contribution in [2.75, 3.05) is 26.3 Å². The second-order valence-electron chi connectivity index (χ2n) is 7.21. The van der Waals surface area contributed by atoms with E-state index in [0.29, 0.717) is 25.8 Å². The molecular formula is C17H26N2O4. The van der Waals surface area contributed by atoms with Crippen LogP contribution in [0.5, 0.6) is 0 Å². The van der Waals surface area contributed by atoms with Crippen molar-refractivity contribution >= 4 is 11.8 Å². The summed E-state index contributed by atoms with van der Waals surface area (Å²) in [4.78, 5) is 29.3. The fourth-order valence-corrected chi connectivity index (χ4v) is 4.09. The molecule has 0 aromatic heterocycles. The van der Waals surface area contributed by atoms with E-state index in [9.17, 15) is 9.59 Å². The smallest absolute Gasteiger partial charge is 0.252 e. The minimum atomic E-state index is -0.253. The highest BCUT2D eigenvalue weighted by atomic mass is 16.5. The van der Waals surface area contributed by atoms with Crippen molar-refractivity contribution in [2.24, 2.45) is 0 Å². The van der Waals surface area contributed by atoms with E-state index in [1.54, 1.807) is 0 Å². The first-order chi connectivity index (χ1) is 11.2. The summed E-state index contributed by atoms with van der Waals surface area (Å²) in [7, 11) is 0. The second kappa shape index (κ2) is 6.40. The predicted octanol–water partition coefficient (Wildman–Crippen LogP) is 0.936. The molecule has 3 atom stereocenters. The van der Waals surface area contributed by atoms with Gasteiger partial charge < -0.3 is 19.3 Å². The molecule has 4 aliphatic rings. The summed E-state index contributed by atoms with van der Waals surface area (Å²) >= 11 is 0. The van der Waals surface area contributed by atoms with Gasteiger partial charge in [-0.1, -0.05) is 0 Å². The molecule has 1 aliphatic carbocycles. The standard InChI is InChI=1S/C17H26N2O4/c20-16(14-3-1-9-22-14)18-8-7-13(11-18)19(12-5-6-12)17(21)15-4-2-10-23-15/h12-15H,1-11H2/t13?,14-,15-/m1/s1. The van der Waals surface area contributed by atoms with Crippen LogP contribution in [0.25, 0.3) is 0 Å². The first-order valence-corrected chi connectivity index (χ1v) is 9.08. The summed E-state index contributed by atoms with van der Waals surface area (Å²) < 4.78 is 11.1. The van der Waals surface area contributed by atoms with E-state index in [-0.39, 0.29) is 30.1 Å². The molecule has 4 rings (SSSR count). The number of rotatable bonds is 4. The Morgan fingerprint density at radius 3 is 2.17 bits per heavy atom. The Hall–Kier alpha value is -1.14. The van der Waals surface area contributed by atoms with Gasteiger partial charge in [0.25, 0.3) is 11.8 Å². The lowest BCUT2D eigenvalue weighted by molar-refractivity contribution is -0.145. The lowest BCUT2D eigenvalue weighted by Gasteiger charge is -2.31. The van der Waals surface area contributed by atoms with Gasteiger partial charge in [0, 0.05) is 32.3 Å². The van der Waals surface area contributed by atoms with E-state index in [1.807, 2.05) is 4.90 Å². The molecule has 0 spiro atoms. The molecule has 1 unspecified atom stereocenters. The van der Waals surface area contributed by atoms with E-state index in [4.69, 9.17) is 9.47 Å². The van der Waals surface area contributed by atoms with E-state index in [1.165, 1.54) is 0 Å². The Morgan fingerprint density at radius 2 is 1.57 bits per heavy atom. The highest BCUT2D eigenvalue weighted by molar-refractivity contribution is 5.83. The molecule has 4 fully saturated rings. The van der Waals surface area contributed by atoms with Gasteiger partial charge in [0.05, 0.1) is 6.04 Å². The third-order valence-corrected chi connectivity index (χ3v) is 5.47. The van der Waals surface area contributed by atoms with Crippen LogP contribution in [0.2, 0.25) is 0 Å². The lowest BCUT2D eigenvalue weighted by Crippen LogP contribution is -2.48. The molecule has 3 aliphatic heterocycles. The van der Waals surface area contributed by atoms with E-state index >= 15 is 0 Å². The number of carbonyl (C=O) groups excluding carboxylic acids is 2. The van der Waals surface area contributed by atoms with Gasteiger partial charge in [-0.05, 0) is 44.9 Å². The van der Waals surface area contributed by atoms with Gasteiger partial charge in [-0.15, -0.1) is 0 Å². The van der Waals surface area contributed by atoms with Crippen molar-refractivity contribution in [3.8, 4) is 0 Å². The highest BCUT2D eigenvalue weighted by Gasteiger charge is 2.44. The summed E-state index contributed by atoms with van der Waals surface area (Å²) in [5, 5.41) is 0. The fourth-order valence-electron chi connectivity index (χ4n) is 4.09. The average Bonchev–Trinajstić information content (AvgIpc) is 3.07.